The number of rotatable bonds is 6. The van der Waals surface area contributed by atoms with E-state index in [2.05, 4.69) is 11.8 Å². The summed E-state index contributed by atoms with van der Waals surface area (Å²) < 4.78 is 44.3. The number of likely N-dealkylation sites (tertiary alicyclic amines) is 2. The zero-order valence-electron chi connectivity index (χ0n) is 20.7. The first-order valence-corrected chi connectivity index (χ1v) is 12.0. The molecule has 1 N–H and O–H groups in total. The van der Waals surface area contributed by atoms with Crippen LogP contribution < -0.4 is 4.74 Å². The number of nitrogens with zero attached hydrogens (tertiary/aromatic N) is 3. The van der Waals surface area contributed by atoms with E-state index >= 15 is 0 Å². The van der Waals surface area contributed by atoms with Crippen LogP contribution in [0.3, 0.4) is 0 Å². The Morgan fingerprint density at radius 3 is 2.28 bits per heavy atom. The molecular formula is C27H30F3N3O3. The molecule has 2 heterocycles. The quantitative estimate of drug-likeness (QED) is 0.625. The van der Waals surface area contributed by atoms with E-state index in [4.69, 9.17) is 4.74 Å². The van der Waals surface area contributed by atoms with Crippen LogP contribution in [-0.2, 0) is 6.18 Å². The van der Waals surface area contributed by atoms with E-state index in [-0.39, 0.29) is 29.6 Å². The number of ether oxygens (including phenoxy) is 1. The number of fused-ring (bicyclic) bond motifs is 2. The van der Waals surface area contributed by atoms with Crippen molar-refractivity contribution in [2.45, 2.75) is 70.6 Å². The third-order valence-electron chi connectivity index (χ3n) is 7.55. The Labute approximate surface area is 208 Å². The van der Waals surface area contributed by atoms with Gasteiger partial charge in [-0.25, -0.2) is 0 Å². The molecular weight excluding hydrogens is 471 g/mol. The fraction of sp³-hybridized carbons (Fsp3) is 0.481. The predicted octanol–water partition coefficient (Wildman–Crippen LogP) is 4.63. The minimum Gasteiger partial charge on any atom is -0.473 e. The fourth-order valence-corrected chi connectivity index (χ4v) is 5.33. The van der Waals surface area contributed by atoms with Crippen LogP contribution in [0, 0.1) is 25.2 Å². The minimum absolute atomic E-state index is 0.0127. The molecule has 0 aliphatic carbocycles. The Hall–Kier alpha value is -3.09. The first kappa shape index (κ1) is 26.0. The molecule has 2 unspecified atom stereocenters. The summed E-state index contributed by atoms with van der Waals surface area (Å²) in [6.45, 7) is 8.80. The second-order valence-electron chi connectivity index (χ2n) is 9.76. The molecule has 192 valence electrons. The van der Waals surface area contributed by atoms with Crippen LogP contribution >= 0.6 is 0 Å². The van der Waals surface area contributed by atoms with Crippen molar-refractivity contribution < 1.29 is 27.8 Å². The highest BCUT2D eigenvalue weighted by Gasteiger charge is 2.47. The van der Waals surface area contributed by atoms with Gasteiger partial charge in [0.25, 0.3) is 5.91 Å². The van der Waals surface area contributed by atoms with Crippen LogP contribution in [0.4, 0.5) is 13.2 Å². The maximum atomic E-state index is 13.0. The van der Waals surface area contributed by atoms with Crippen LogP contribution in [0.1, 0.15) is 58.9 Å². The number of halogens is 3. The summed E-state index contributed by atoms with van der Waals surface area (Å²) in [6.07, 6.45) is -5.47. The first-order valence-electron chi connectivity index (χ1n) is 12.0. The number of aliphatic hydroxyl groups is 1. The molecule has 0 radical (unpaired) electrons. The van der Waals surface area contributed by atoms with Crippen LogP contribution in [0.25, 0.3) is 0 Å². The van der Waals surface area contributed by atoms with Crippen molar-refractivity contribution in [3.63, 3.8) is 0 Å². The molecule has 2 fully saturated rings. The summed E-state index contributed by atoms with van der Waals surface area (Å²) in [6, 6.07) is 10.4. The van der Waals surface area contributed by atoms with Crippen LogP contribution in [-0.4, -0.2) is 58.2 Å². The lowest BCUT2D eigenvalue weighted by molar-refractivity contribution is -0.137. The number of carbonyl (C=O) groups is 1. The van der Waals surface area contributed by atoms with Gasteiger partial charge in [-0.05, 0) is 81.1 Å². The zero-order valence-corrected chi connectivity index (χ0v) is 20.7. The Kier molecular flexibility index (Phi) is 7.04. The van der Waals surface area contributed by atoms with Gasteiger partial charge in [0.2, 0.25) is 6.10 Å². The number of aliphatic hydroxyl groups excluding tert-OH is 1. The average Bonchev–Trinajstić information content (AvgIpc) is 3.45. The lowest BCUT2D eigenvalue weighted by atomic mass is 9.96. The zero-order chi connectivity index (χ0) is 26.4. The van der Waals surface area contributed by atoms with Crippen LogP contribution in [0.2, 0.25) is 0 Å². The molecule has 36 heavy (non-hydrogen) atoms. The second-order valence-corrected chi connectivity index (χ2v) is 9.76. The molecule has 2 aromatic carbocycles. The second kappa shape index (κ2) is 9.75. The third kappa shape index (κ3) is 4.80. The van der Waals surface area contributed by atoms with Gasteiger partial charge in [0, 0.05) is 36.8 Å². The molecule has 2 saturated heterocycles. The minimum atomic E-state index is -4.43. The molecule has 1 amide bonds. The summed E-state index contributed by atoms with van der Waals surface area (Å²) in [5.74, 6) is 0.328. The van der Waals surface area contributed by atoms with Gasteiger partial charge in [0.1, 0.15) is 17.9 Å². The van der Waals surface area contributed by atoms with Gasteiger partial charge in [-0.1, -0.05) is 6.07 Å². The molecule has 6 nitrogen and oxygen atoms in total. The average molecular weight is 502 g/mol. The standard InChI is InChI=1S/C27H30F3N3O3/c1-15-16(2)24(36-25(12-31)18(4)34)10-9-23(15)17(3)32-13-22-11-21(32)14-33(22)26(35)19-5-7-20(8-6-19)27(28,29)30/h5-10,17-18,21-22,25,34H,11,13-14H2,1-4H3/t17-,18?,21-,22-,25?/m0/s1. The van der Waals surface area contributed by atoms with Crippen molar-refractivity contribution in [3.8, 4) is 11.8 Å². The molecule has 0 spiro atoms. The Morgan fingerprint density at radius 1 is 1.08 bits per heavy atom. The van der Waals surface area contributed by atoms with Gasteiger partial charge in [-0.3, -0.25) is 9.69 Å². The van der Waals surface area contributed by atoms with Crippen LogP contribution in [0.5, 0.6) is 5.75 Å². The molecule has 2 aliphatic rings. The van der Waals surface area contributed by atoms with Gasteiger partial charge in [0.05, 0.1) is 5.56 Å². The maximum Gasteiger partial charge on any atom is 0.416 e. The Balaban J connectivity index is 1.45. The fourth-order valence-electron chi connectivity index (χ4n) is 5.33. The molecule has 2 aromatic rings. The summed E-state index contributed by atoms with van der Waals surface area (Å²) in [5, 5.41) is 19.0. The topological polar surface area (TPSA) is 76.8 Å². The van der Waals surface area contributed by atoms with E-state index in [1.165, 1.54) is 19.1 Å². The molecule has 2 aliphatic heterocycles. The number of benzene rings is 2. The van der Waals surface area contributed by atoms with Crippen molar-refractivity contribution in [2.75, 3.05) is 13.1 Å². The van der Waals surface area contributed by atoms with Crippen molar-refractivity contribution in [3.05, 3.63) is 64.2 Å². The molecule has 9 heteroatoms. The summed E-state index contributed by atoms with van der Waals surface area (Å²) >= 11 is 0. The number of nitriles is 1. The highest BCUT2D eigenvalue weighted by atomic mass is 19.4. The van der Waals surface area contributed by atoms with Gasteiger partial charge >= 0.3 is 6.18 Å². The van der Waals surface area contributed by atoms with Gasteiger partial charge in [-0.2, -0.15) is 18.4 Å². The number of amides is 1. The molecule has 5 atom stereocenters. The maximum absolute atomic E-state index is 13.0. The van der Waals surface area contributed by atoms with E-state index in [0.29, 0.717) is 18.8 Å². The highest BCUT2D eigenvalue weighted by molar-refractivity contribution is 5.94. The SMILES string of the molecule is Cc1c(OC(C#N)C(C)O)ccc([C@H](C)N2C[C@@H]3C[C@H]2CN3C(=O)c2ccc(C(F)(F)F)cc2)c1C. The molecule has 4 rings (SSSR count). The van der Waals surface area contributed by atoms with E-state index in [1.54, 1.807) is 4.90 Å². The van der Waals surface area contributed by atoms with E-state index in [1.807, 2.05) is 32.0 Å². The smallest absolute Gasteiger partial charge is 0.416 e. The van der Waals surface area contributed by atoms with E-state index in [9.17, 15) is 28.3 Å². The number of hydrogen-bond donors (Lipinski definition) is 1. The molecule has 2 bridgehead atoms. The number of carbonyl (C=O) groups excluding carboxylic acids is 1. The largest absolute Gasteiger partial charge is 0.473 e. The Morgan fingerprint density at radius 2 is 1.75 bits per heavy atom. The van der Waals surface area contributed by atoms with Gasteiger partial charge < -0.3 is 14.7 Å². The lowest BCUT2D eigenvalue weighted by Gasteiger charge is -2.38. The van der Waals surface area contributed by atoms with E-state index < -0.39 is 23.9 Å². The lowest BCUT2D eigenvalue weighted by Crippen LogP contribution is -2.49. The monoisotopic (exact) mass is 501 g/mol. The predicted molar refractivity (Wildman–Crippen MR) is 127 cm³/mol. The summed E-state index contributed by atoms with van der Waals surface area (Å²) in [5.41, 5.74) is 2.58. The Bertz CT molecular complexity index is 1170. The summed E-state index contributed by atoms with van der Waals surface area (Å²) in [7, 11) is 0. The molecule has 0 saturated carbocycles. The normalized spacial score (nSPS) is 22.2. The van der Waals surface area contributed by atoms with Crippen molar-refractivity contribution in [1.29, 1.82) is 5.26 Å². The third-order valence-corrected chi connectivity index (χ3v) is 7.55. The van der Waals surface area contributed by atoms with Crippen molar-refractivity contribution in [1.82, 2.24) is 9.80 Å². The highest BCUT2D eigenvalue weighted by Crippen LogP contribution is 2.40. The van der Waals surface area contributed by atoms with Crippen LogP contribution in [0.15, 0.2) is 36.4 Å². The summed E-state index contributed by atoms with van der Waals surface area (Å²) in [4.78, 5) is 17.2. The number of piperazine rings is 1. The number of hydrogen-bond acceptors (Lipinski definition) is 5. The van der Waals surface area contributed by atoms with Crippen molar-refractivity contribution >= 4 is 5.91 Å². The van der Waals surface area contributed by atoms with Crippen molar-refractivity contribution in [2.24, 2.45) is 0 Å². The number of alkyl halides is 3. The van der Waals surface area contributed by atoms with Gasteiger partial charge in [0.15, 0.2) is 0 Å². The first-order chi connectivity index (χ1) is 16.9. The van der Waals surface area contributed by atoms with E-state index in [0.717, 1.165) is 35.2 Å². The molecule has 0 aromatic heterocycles. The van der Waals surface area contributed by atoms with Gasteiger partial charge in [-0.15, -0.1) is 0 Å².